The lowest BCUT2D eigenvalue weighted by molar-refractivity contribution is -0.116. The second-order valence-corrected chi connectivity index (χ2v) is 5.90. The highest BCUT2D eigenvalue weighted by atomic mass is 19.1. The van der Waals surface area contributed by atoms with Gasteiger partial charge in [-0.2, -0.15) is 0 Å². The SMILES string of the molecule is CCCCC(C)CCC(=O)Nc1cc2cc(F)ccc2cn1. The van der Waals surface area contributed by atoms with Crippen LogP contribution < -0.4 is 5.32 Å². The van der Waals surface area contributed by atoms with Gasteiger partial charge in [0, 0.05) is 18.0 Å². The molecule has 1 heterocycles. The van der Waals surface area contributed by atoms with E-state index in [1.807, 2.05) is 0 Å². The fourth-order valence-electron chi connectivity index (χ4n) is 2.46. The number of pyridine rings is 1. The lowest BCUT2D eigenvalue weighted by atomic mass is 9.99. The van der Waals surface area contributed by atoms with Gasteiger partial charge in [-0.3, -0.25) is 4.79 Å². The van der Waals surface area contributed by atoms with Crippen molar-refractivity contribution in [2.45, 2.75) is 46.0 Å². The number of nitrogens with one attached hydrogen (secondary N) is 1. The van der Waals surface area contributed by atoms with Crippen molar-refractivity contribution in [3.8, 4) is 0 Å². The van der Waals surface area contributed by atoms with Crippen molar-refractivity contribution in [1.29, 1.82) is 0 Å². The van der Waals surface area contributed by atoms with Gasteiger partial charge in [-0.1, -0.05) is 33.1 Å². The molecule has 1 N–H and O–H groups in total. The minimum Gasteiger partial charge on any atom is -0.311 e. The van der Waals surface area contributed by atoms with Crippen LogP contribution in [-0.2, 0) is 4.79 Å². The number of carbonyl (C=O) groups excluding carboxylic acids is 1. The van der Waals surface area contributed by atoms with Crippen LogP contribution in [0.15, 0.2) is 30.5 Å². The molecule has 0 saturated carbocycles. The first-order chi connectivity index (χ1) is 10.6. The molecule has 0 bridgehead atoms. The van der Waals surface area contributed by atoms with Crippen molar-refractivity contribution in [2.24, 2.45) is 5.92 Å². The van der Waals surface area contributed by atoms with Gasteiger partial charge in [0.15, 0.2) is 0 Å². The van der Waals surface area contributed by atoms with Crippen LogP contribution in [0.1, 0.15) is 46.0 Å². The minimum absolute atomic E-state index is 0.0356. The molecule has 2 rings (SSSR count). The van der Waals surface area contributed by atoms with E-state index in [0.29, 0.717) is 18.2 Å². The van der Waals surface area contributed by atoms with Gasteiger partial charge >= 0.3 is 0 Å². The lowest BCUT2D eigenvalue weighted by Gasteiger charge is -2.10. The molecule has 1 aromatic heterocycles. The highest BCUT2D eigenvalue weighted by molar-refractivity contribution is 5.92. The van der Waals surface area contributed by atoms with Gasteiger partial charge < -0.3 is 5.32 Å². The van der Waals surface area contributed by atoms with E-state index in [9.17, 15) is 9.18 Å². The smallest absolute Gasteiger partial charge is 0.225 e. The minimum atomic E-state index is -0.291. The third kappa shape index (κ3) is 4.79. The van der Waals surface area contributed by atoms with E-state index in [1.165, 1.54) is 25.0 Å². The third-order valence-corrected chi connectivity index (χ3v) is 3.87. The van der Waals surface area contributed by atoms with Gasteiger partial charge in [0.2, 0.25) is 5.91 Å². The molecule has 0 radical (unpaired) electrons. The molecule has 1 amide bonds. The Balaban J connectivity index is 1.91. The number of carbonyl (C=O) groups is 1. The zero-order chi connectivity index (χ0) is 15.9. The van der Waals surface area contributed by atoms with Gasteiger partial charge in [0.05, 0.1) is 0 Å². The monoisotopic (exact) mass is 302 g/mol. The fraction of sp³-hybridized carbons (Fsp3) is 0.444. The fourth-order valence-corrected chi connectivity index (χ4v) is 2.46. The number of aromatic nitrogens is 1. The Kier molecular flexibility index (Phi) is 5.87. The van der Waals surface area contributed by atoms with Crippen LogP contribution in [-0.4, -0.2) is 10.9 Å². The number of fused-ring (bicyclic) bond motifs is 1. The van der Waals surface area contributed by atoms with E-state index in [1.54, 1.807) is 18.3 Å². The molecule has 1 unspecified atom stereocenters. The summed E-state index contributed by atoms with van der Waals surface area (Å²) < 4.78 is 13.2. The van der Waals surface area contributed by atoms with Crippen LogP contribution >= 0.6 is 0 Å². The van der Waals surface area contributed by atoms with Gasteiger partial charge in [0.25, 0.3) is 0 Å². The molecule has 0 spiro atoms. The first kappa shape index (κ1) is 16.4. The van der Waals surface area contributed by atoms with Crippen LogP contribution in [0.2, 0.25) is 0 Å². The lowest BCUT2D eigenvalue weighted by Crippen LogP contribution is -2.13. The normalized spacial score (nSPS) is 12.3. The molecule has 3 nitrogen and oxygen atoms in total. The summed E-state index contributed by atoms with van der Waals surface area (Å²) in [6.45, 7) is 4.35. The second-order valence-electron chi connectivity index (χ2n) is 5.90. The van der Waals surface area contributed by atoms with Crippen molar-refractivity contribution >= 4 is 22.5 Å². The van der Waals surface area contributed by atoms with Gasteiger partial charge in [-0.25, -0.2) is 9.37 Å². The Labute approximate surface area is 130 Å². The van der Waals surface area contributed by atoms with E-state index < -0.39 is 0 Å². The van der Waals surface area contributed by atoms with Crippen LogP contribution in [0.25, 0.3) is 10.8 Å². The Morgan fingerprint density at radius 1 is 1.27 bits per heavy atom. The van der Waals surface area contributed by atoms with Crippen molar-refractivity contribution < 1.29 is 9.18 Å². The summed E-state index contributed by atoms with van der Waals surface area (Å²) in [5.41, 5.74) is 0. The summed E-state index contributed by atoms with van der Waals surface area (Å²) in [5.74, 6) is 0.709. The largest absolute Gasteiger partial charge is 0.311 e. The Hall–Kier alpha value is -1.97. The van der Waals surface area contributed by atoms with Gasteiger partial charge in [-0.05, 0) is 42.0 Å². The summed E-state index contributed by atoms with van der Waals surface area (Å²) in [6, 6.07) is 6.23. The van der Waals surface area contributed by atoms with Crippen molar-refractivity contribution in [2.75, 3.05) is 5.32 Å². The maximum Gasteiger partial charge on any atom is 0.225 e. The summed E-state index contributed by atoms with van der Waals surface area (Å²) in [6.07, 6.45) is 6.59. The van der Waals surface area contributed by atoms with Gasteiger partial charge in [-0.15, -0.1) is 0 Å². The molecular formula is C18H23FN2O. The molecule has 1 atom stereocenters. The molecule has 0 aliphatic carbocycles. The Bertz CT molecular complexity index is 642. The highest BCUT2D eigenvalue weighted by Gasteiger charge is 2.08. The summed E-state index contributed by atoms with van der Waals surface area (Å²) in [4.78, 5) is 16.2. The van der Waals surface area contributed by atoms with Crippen molar-refractivity contribution in [3.63, 3.8) is 0 Å². The summed E-state index contributed by atoms with van der Waals surface area (Å²) in [5, 5.41) is 4.38. The number of hydrogen-bond acceptors (Lipinski definition) is 2. The average molecular weight is 302 g/mol. The molecule has 0 saturated heterocycles. The number of rotatable bonds is 7. The Morgan fingerprint density at radius 3 is 2.86 bits per heavy atom. The molecule has 0 fully saturated rings. The van der Waals surface area contributed by atoms with Crippen LogP contribution in [0.4, 0.5) is 10.2 Å². The molecule has 2 aromatic rings. The van der Waals surface area contributed by atoms with Crippen molar-refractivity contribution in [1.82, 2.24) is 4.98 Å². The number of anilines is 1. The topological polar surface area (TPSA) is 42.0 Å². The molecule has 22 heavy (non-hydrogen) atoms. The predicted molar refractivity (Wildman–Crippen MR) is 88.3 cm³/mol. The Morgan fingerprint density at radius 2 is 2.09 bits per heavy atom. The van der Waals surface area contributed by atoms with Crippen LogP contribution in [0, 0.1) is 11.7 Å². The zero-order valence-corrected chi connectivity index (χ0v) is 13.2. The zero-order valence-electron chi connectivity index (χ0n) is 13.2. The third-order valence-electron chi connectivity index (χ3n) is 3.87. The number of nitrogens with zero attached hydrogens (tertiary/aromatic N) is 1. The second kappa shape index (κ2) is 7.87. The van der Waals surface area contributed by atoms with E-state index in [-0.39, 0.29) is 11.7 Å². The highest BCUT2D eigenvalue weighted by Crippen LogP contribution is 2.19. The molecule has 0 aliphatic rings. The van der Waals surface area contributed by atoms with Crippen LogP contribution in [0.5, 0.6) is 0 Å². The maximum absolute atomic E-state index is 13.2. The molecule has 118 valence electrons. The van der Waals surface area contributed by atoms with Crippen LogP contribution in [0.3, 0.4) is 0 Å². The van der Waals surface area contributed by atoms with E-state index in [0.717, 1.165) is 23.6 Å². The molecule has 1 aromatic carbocycles. The molecule has 4 heteroatoms. The van der Waals surface area contributed by atoms with E-state index in [4.69, 9.17) is 0 Å². The molecular weight excluding hydrogens is 279 g/mol. The summed E-state index contributed by atoms with van der Waals surface area (Å²) in [7, 11) is 0. The quantitative estimate of drug-likeness (QED) is 0.789. The van der Waals surface area contributed by atoms with Crippen molar-refractivity contribution in [3.05, 3.63) is 36.3 Å². The van der Waals surface area contributed by atoms with Gasteiger partial charge in [0.1, 0.15) is 11.6 Å². The first-order valence-corrected chi connectivity index (χ1v) is 7.93. The molecule has 0 aliphatic heterocycles. The number of unbranched alkanes of at least 4 members (excludes halogenated alkanes) is 1. The number of benzene rings is 1. The standard InChI is InChI=1S/C18H23FN2O/c1-3-4-5-13(2)6-9-18(22)21-17-11-15-10-16(19)8-7-14(15)12-20-17/h7-8,10-13H,3-6,9H2,1-2H3,(H,20,21,22). The number of halogens is 1. The first-order valence-electron chi connectivity index (χ1n) is 7.93. The van der Waals surface area contributed by atoms with E-state index >= 15 is 0 Å². The average Bonchev–Trinajstić information content (AvgIpc) is 2.50. The number of amides is 1. The maximum atomic E-state index is 13.2. The predicted octanol–water partition coefficient (Wildman–Crippen LogP) is 4.92. The van der Waals surface area contributed by atoms with E-state index in [2.05, 4.69) is 24.1 Å². The summed E-state index contributed by atoms with van der Waals surface area (Å²) >= 11 is 0. The number of hydrogen-bond donors (Lipinski definition) is 1.